The van der Waals surface area contributed by atoms with E-state index in [1.807, 2.05) is 6.07 Å². The van der Waals surface area contributed by atoms with Crippen LogP contribution in [0.3, 0.4) is 0 Å². The minimum atomic E-state index is -0.380. The molecule has 0 aliphatic carbocycles. The second-order valence-corrected chi connectivity index (χ2v) is 3.48. The molecule has 5 nitrogen and oxygen atoms in total. The molecule has 0 spiro atoms. The van der Waals surface area contributed by atoms with Crippen molar-refractivity contribution in [3.05, 3.63) is 47.3 Å². The molecule has 0 bridgehead atoms. The SMILES string of the molecule is Cc1cnoc1C(=O)Nc1cccc(C#N)c1. The van der Waals surface area contributed by atoms with Gasteiger partial charge in [-0.1, -0.05) is 11.2 Å². The highest BCUT2D eigenvalue weighted by molar-refractivity contribution is 6.03. The summed E-state index contributed by atoms with van der Waals surface area (Å²) >= 11 is 0. The first-order valence-electron chi connectivity index (χ1n) is 4.93. The van der Waals surface area contributed by atoms with Crippen molar-refractivity contribution < 1.29 is 9.32 Å². The van der Waals surface area contributed by atoms with Crippen molar-refractivity contribution in [1.82, 2.24) is 5.16 Å². The lowest BCUT2D eigenvalue weighted by Crippen LogP contribution is -2.12. The first-order chi connectivity index (χ1) is 8.20. The van der Waals surface area contributed by atoms with Gasteiger partial charge in [-0.15, -0.1) is 0 Å². The predicted octanol–water partition coefficient (Wildman–Crippen LogP) is 2.11. The monoisotopic (exact) mass is 227 g/mol. The standard InChI is InChI=1S/C12H9N3O2/c1-8-7-14-17-11(8)12(16)15-10-4-2-3-9(5-10)6-13/h2-5,7H,1H3,(H,15,16). The van der Waals surface area contributed by atoms with Crippen molar-refractivity contribution >= 4 is 11.6 Å². The second kappa shape index (κ2) is 4.49. The van der Waals surface area contributed by atoms with E-state index in [0.29, 0.717) is 16.8 Å². The van der Waals surface area contributed by atoms with Crippen molar-refractivity contribution in [3.8, 4) is 6.07 Å². The van der Waals surface area contributed by atoms with Gasteiger partial charge in [-0.05, 0) is 25.1 Å². The molecule has 1 N–H and O–H groups in total. The average molecular weight is 227 g/mol. The summed E-state index contributed by atoms with van der Waals surface area (Å²) in [5.74, 6) is -0.206. The largest absolute Gasteiger partial charge is 0.351 e. The molecule has 1 aromatic heterocycles. The summed E-state index contributed by atoms with van der Waals surface area (Å²) in [6, 6.07) is 8.64. The number of aromatic nitrogens is 1. The summed E-state index contributed by atoms with van der Waals surface area (Å²) < 4.78 is 4.83. The van der Waals surface area contributed by atoms with Gasteiger partial charge in [-0.2, -0.15) is 5.26 Å². The first kappa shape index (κ1) is 10.9. The molecule has 0 unspecified atom stereocenters. The van der Waals surface area contributed by atoms with Gasteiger partial charge >= 0.3 is 0 Å². The van der Waals surface area contributed by atoms with Crippen molar-refractivity contribution in [3.63, 3.8) is 0 Å². The van der Waals surface area contributed by atoms with Crippen molar-refractivity contribution in [2.45, 2.75) is 6.92 Å². The Kier molecular flexibility index (Phi) is 2.88. The summed E-state index contributed by atoms with van der Waals surface area (Å²) in [7, 11) is 0. The van der Waals surface area contributed by atoms with E-state index >= 15 is 0 Å². The number of nitrogens with zero attached hydrogens (tertiary/aromatic N) is 2. The van der Waals surface area contributed by atoms with Gasteiger partial charge in [0.25, 0.3) is 5.91 Å². The van der Waals surface area contributed by atoms with E-state index in [0.717, 1.165) is 0 Å². The van der Waals surface area contributed by atoms with Gasteiger partial charge in [0.1, 0.15) is 0 Å². The third-order valence-electron chi connectivity index (χ3n) is 2.20. The van der Waals surface area contributed by atoms with E-state index in [1.54, 1.807) is 31.2 Å². The molecular weight excluding hydrogens is 218 g/mol. The Balaban J connectivity index is 2.19. The molecule has 1 heterocycles. The molecule has 0 atom stereocenters. The number of aryl methyl sites for hydroxylation is 1. The predicted molar refractivity (Wildman–Crippen MR) is 60.4 cm³/mol. The third kappa shape index (κ3) is 2.32. The Morgan fingerprint density at radius 2 is 2.35 bits per heavy atom. The fraction of sp³-hybridized carbons (Fsp3) is 0.0833. The Morgan fingerprint density at radius 1 is 1.53 bits per heavy atom. The fourth-order valence-electron chi connectivity index (χ4n) is 1.36. The van der Waals surface area contributed by atoms with Crippen molar-refractivity contribution in [1.29, 1.82) is 5.26 Å². The zero-order valence-corrected chi connectivity index (χ0v) is 9.10. The third-order valence-corrected chi connectivity index (χ3v) is 2.20. The normalized spacial score (nSPS) is 9.65. The van der Waals surface area contributed by atoms with Crippen LogP contribution in [0.2, 0.25) is 0 Å². The lowest BCUT2D eigenvalue weighted by atomic mass is 10.2. The highest BCUT2D eigenvalue weighted by Gasteiger charge is 2.14. The van der Waals surface area contributed by atoms with Gasteiger partial charge in [0, 0.05) is 11.3 Å². The Morgan fingerprint density at radius 3 is 3.00 bits per heavy atom. The molecule has 5 heteroatoms. The van der Waals surface area contributed by atoms with Crippen molar-refractivity contribution in [2.24, 2.45) is 0 Å². The van der Waals surface area contributed by atoms with Crippen LogP contribution in [-0.4, -0.2) is 11.1 Å². The van der Waals surface area contributed by atoms with Gasteiger partial charge in [-0.3, -0.25) is 4.79 Å². The summed E-state index contributed by atoms with van der Waals surface area (Å²) in [6.07, 6.45) is 1.47. The minimum Gasteiger partial charge on any atom is -0.351 e. The molecule has 0 aliphatic heterocycles. The van der Waals surface area contributed by atoms with Gasteiger partial charge < -0.3 is 9.84 Å². The second-order valence-electron chi connectivity index (χ2n) is 3.48. The van der Waals surface area contributed by atoms with E-state index in [1.165, 1.54) is 6.20 Å². The average Bonchev–Trinajstić information content (AvgIpc) is 2.76. The quantitative estimate of drug-likeness (QED) is 0.852. The van der Waals surface area contributed by atoms with E-state index in [9.17, 15) is 4.79 Å². The van der Waals surface area contributed by atoms with Crippen LogP contribution in [0.15, 0.2) is 35.0 Å². The molecule has 0 saturated carbocycles. The minimum absolute atomic E-state index is 0.173. The number of carbonyl (C=O) groups is 1. The number of benzene rings is 1. The lowest BCUT2D eigenvalue weighted by Gasteiger charge is -2.03. The zero-order chi connectivity index (χ0) is 12.3. The Labute approximate surface area is 97.7 Å². The van der Waals surface area contributed by atoms with E-state index in [2.05, 4.69) is 10.5 Å². The number of hydrogen-bond acceptors (Lipinski definition) is 4. The van der Waals surface area contributed by atoms with Crippen LogP contribution in [0, 0.1) is 18.3 Å². The molecule has 0 fully saturated rings. The van der Waals surface area contributed by atoms with Gasteiger partial charge in [0.2, 0.25) is 5.76 Å². The zero-order valence-electron chi connectivity index (χ0n) is 9.10. The first-order valence-corrected chi connectivity index (χ1v) is 4.93. The highest BCUT2D eigenvalue weighted by atomic mass is 16.5. The molecule has 2 aromatic rings. The number of rotatable bonds is 2. The Hall–Kier alpha value is -2.61. The van der Waals surface area contributed by atoms with Gasteiger partial charge in [-0.25, -0.2) is 0 Å². The van der Waals surface area contributed by atoms with E-state index < -0.39 is 0 Å². The van der Waals surface area contributed by atoms with Crippen LogP contribution in [0.4, 0.5) is 5.69 Å². The smallest absolute Gasteiger partial charge is 0.294 e. The van der Waals surface area contributed by atoms with Crippen LogP contribution in [0.25, 0.3) is 0 Å². The number of nitrogens with one attached hydrogen (secondary N) is 1. The van der Waals surface area contributed by atoms with Crippen LogP contribution < -0.4 is 5.32 Å². The van der Waals surface area contributed by atoms with Crippen LogP contribution in [0.1, 0.15) is 21.7 Å². The number of nitriles is 1. The number of anilines is 1. The maximum Gasteiger partial charge on any atom is 0.294 e. The van der Waals surface area contributed by atoms with Gasteiger partial charge in [0.05, 0.1) is 17.8 Å². The van der Waals surface area contributed by atoms with E-state index in [-0.39, 0.29) is 11.7 Å². The fourth-order valence-corrected chi connectivity index (χ4v) is 1.36. The molecule has 1 aromatic carbocycles. The molecule has 17 heavy (non-hydrogen) atoms. The number of carbonyl (C=O) groups excluding carboxylic acids is 1. The van der Waals surface area contributed by atoms with Crippen LogP contribution >= 0.6 is 0 Å². The summed E-state index contributed by atoms with van der Waals surface area (Å²) in [5, 5.41) is 14.9. The van der Waals surface area contributed by atoms with Crippen molar-refractivity contribution in [2.75, 3.05) is 5.32 Å². The maximum absolute atomic E-state index is 11.8. The van der Waals surface area contributed by atoms with Crippen LogP contribution in [0.5, 0.6) is 0 Å². The maximum atomic E-state index is 11.8. The molecule has 0 aliphatic rings. The number of hydrogen-bond donors (Lipinski definition) is 1. The van der Waals surface area contributed by atoms with E-state index in [4.69, 9.17) is 9.78 Å². The molecule has 0 radical (unpaired) electrons. The van der Waals surface area contributed by atoms with Gasteiger partial charge in [0.15, 0.2) is 0 Å². The summed E-state index contributed by atoms with van der Waals surface area (Å²) in [4.78, 5) is 11.8. The topological polar surface area (TPSA) is 78.9 Å². The molecule has 2 rings (SSSR count). The Bertz CT molecular complexity index is 596. The molecular formula is C12H9N3O2. The molecule has 84 valence electrons. The summed E-state index contributed by atoms with van der Waals surface area (Å²) in [6.45, 7) is 1.73. The highest BCUT2D eigenvalue weighted by Crippen LogP contribution is 2.13. The van der Waals surface area contributed by atoms with Crippen LogP contribution in [-0.2, 0) is 0 Å². The summed E-state index contributed by atoms with van der Waals surface area (Å²) in [5.41, 5.74) is 1.70. The molecule has 0 saturated heterocycles. The lowest BCUT2D eigenvalue weighted by molar-refractivity contribution is 0.0987. The number of amides is 1. The molecule has 1 amide bonds.